The lowest BCUT2D eigenvalue weighted by molar-refractivity contribution is -0.116. The molecular formula is C23H26N4O2. The Morgan fingerprint density at radius 2 is 2.07 bits per heavy atom. The van der Waals surface area contributed by atoms with E-state index in [1.807, 2.05) is 51.1 Å². The predicted molar refractivity (Wildman–Crippen MR) is 120 cm³/mol. The van der Waals surface area contributed by atoms with Gasteiger partial charge in [-0.2, -0.15) is 0 Å². The van der Waals surface area contributed by atoms with Crippen molar-refractivity contribution in [3.8, 4) is 0 Å². The summed E-state index contributed by atoms with van der Waals surface area (Å²) in [6, 6.07) is 11.2. The van der Waals surface area contributed by atoms with E-state index in [4.69, 9.17) is 10.2 Å². The fourth-order valence-electron chi connectivity index (χ4n) is 2.61. The first-order chi connectivity index (χ1) is 14.1. The molecule has 0 spiro atoms. The number of pyridine rings is 1. The summed E-state index contributed by atoms with van der Waals surface area (Å²) in [5.41, 5.74) is 8.87. The number of furan rings is 1. The van der Waals surface area contributed by atoms with Gasteiger partial charge in [0.2, 0.25) is 5.91 Å². The van der Waals surface area contributed by atoms with Crippen LogP contribution in [0.4, 0.5) is 5.82 Å². The second kappa shape index (κ2) is 10.6. The van der Waals surface area contributed by atoms with Crippen LogP contribution in [0.15, 0.2) is 64.2 Å². The number of nitrogen functional groups attached to an aromatic ring is 1. The number of allylic oxidation sites excluding steroid dienone is 1. The first-order valence-electron chi connectivity index (χ1n) is 9.42. The number of nitrogens with two attached hydrogens (primary N) is 1. The summed E-state index contributed by atoms with van der Waals surface area (Å²) in [4.78, 5) is 20.0. The molecule has 0 saturated carbocycles. The van der Waals surface area contributed by atoms with Gasteiger partial charge in [0, 0.05) is 23.2 Å². The molecule has 0 aliphatic carbocycles. The van der Waals surface area contributed by atoms with Gasteiger partial charge in [-0.05, 0) is 61.7 Å². The molecule has 3 N–H and O–H groups in total. The van der Waals surface area contributed by atoms with Crippen LogP contribution in [0.1, 0.15) is 37.7 Å². The summed E-state index contributed by atoms with van der Waals surface area (Å²) in [7, 11) is 0. The highest BCUT2D eigenvalue weighted by atomic mass is 16.3. The smallest absolute Gasteiger partial charge is 0.244 e. The third kappa shape index (κ3) is 5.90. The summed E-state index contributed by atoms with van der Waals surface area (Å²) in [6.07, 6.45) is 6.63. The van der Waals surface area contributed by atoms with Crippen LogP contribution in [0.2, 0.25) is 0 Å². The van der Waals surface area contributed by atoms with E-state index in [2.05, 4.69) is 22.0 Å². The third-order valence-corrected chi connectivity index (χ3v) is 3.98. The Labute approximate surface area is 170 Å². The standard InChI is InChI=1S/C21H20N4O2.C2H6/c1-3-18(23-2)15-6-7-19-16(10-15)11-17(27-19)13-25-21(26)9-5-14-4-8-20(22)24-12-14;1-2/h3-12H,2,13H2,1H3,(H2,22,24)(H,25,26);1-2H3/b9-5+,18-3-;. The van der Waals surface area contributed by atoms with Gasteiger partial charge in [-0.3, -0.25) is 9.79 Å². The van der Waals surface area contributed by atoms with Gasteiger partial charge in [-0.25, -0.2) is 4.98 Å². The van der Waals surface area contributed by atoms with Crippen molar-refractivity contribution in [3.05, 3.63) is 71.6 Å². The van der Waals surface area contributed by atoms with Crippen LogP contribution in [0, 0.1) is 0 Å². The SMILES string of the molecule is C=N/C(=C\C)c1ccc2oc(CNC(=O)/C=C/c3ccc(N)nc3)cc2c1.CC. The van der Waals surface area contributed by atoms with Crippen LogP contribution < -0.4 is 11.1 Å². The fraction of sp³-hybridized carbons (Fsp3) is 0.174. The number of aliphatic imine (C=N–C) groups is 1. The number of fused-ring (bicyclic) bond motifs is 1. The first-order valence-corrected chi connectivity index (χ1v) is 9.42. The molecule has 0 atom stereocenters. The van der Waals surface area contributed by atoms with Gasteiger partial charge in [0.15, 0.2) is 0 Å². The molecule has 0 aliphatic rings. The number of benzene rings is 1. The minimum absolute atomic E-state index is 0.222. The van der Waals surface area contributed by atoms with E-state index in [-0.39, 0.29) is 5.91 Å². The lowest BCUT2D eigenvalue weighted by Gasteiger charge is -1.99. The van der Waals surface area contributed by atoms with Crippen molar-refractivity contribution < 1.29 is 9.21 Å². The van der Waals surface area contributed by atoms with E-state index < -0.39 is 0 Å². The van der Waals surface area contributed by atoms with Gasteiger partial charge < -0.3 is 15.5 Å². The van der Waals surface area contributed by atoms with Crippen molar-refractivity contribution in [2.45, 2.75) is 27.3 Å². The molecule has 2 aromatic heterocycles. The Morgan fingerprint density at radius 1 is 1.28 bits per heavy atom. The van der Waals surface area contributed by atoms with E-state index in [0.717, 1.165) is 27.8 Å². The summed E-state index contributed by atoms with van der Waals surface area (Å²) >= 11 is 0. The van der Waals surface area contributed by atoms with Crippen molar-refractivity contribution in [3.63, 3.8) is 0 Å². The van der Waals surface area contributed by atoms with Crippen molar-refractivity contribution in [1.82, 2.24) is 10.3 Å². The zero-order valence-electron chi connectivity index (χ0n) is 17.0. The van der Waals surface area contributed by atoms with Crippen LogP contribution in [-0.4, -0.2) is 17.6 Å². The normalized spacial score (nSPS) is 11.2. The molecule has 3 rings (SSSR count). The Balaban J connectivity index is 0.00000145. The average Bonchev–Trinajstić information content (AvgIpc) is 3.16. The lowest BCUT2D eigenvalue weighted by atomic mass is 10.1. The molecule has 1 amide bonds. The lowest BCUT2D eigenvalue weighted by Crippen LogP contribution is -2.19. The van der Waals surface area contributed by atoms with Crippen LogP contribution in [0.25, 0.3) is 22.7 Å². The number of rotatable bonds is 6. The van der Waals surface area contributed by atoms with Gasteiger partial charge in [0.05, 0.1) is 12.2 Å². The Morgan fingerprint density at radius 3 is 2.72 bits per heavy atom. The van der Waals surface area contributed by atoms with Crippen molar-refractivity contribution in [2.75, 3.05) is 5.73 Å². The van der Waals surface area contributed by atoms with E-state index in [9.17, 15) is 4.79 Å². The molecule has 1 aromatic carbocycles. The average molecular weight is 390 g/mol. The number of hydrogen-bond acceptors (Lipinski definition) is 5. The molecule has 0 saturated heterocycles. The van der Waals surface area contributed by atoms with Crippen molar-refractivity contribution in [2.24, 2.45) is 4.99 Å². The highest BCUT2D eigenvalue weighted by molar-refractivity contribution is 5.91. The molecule has 0 aliphatic heterocycles. The maximum absolute atomic E-state index is 12.0. The van der Waals surface area contributed by atoms with Gasteiger partial charge >= 0.3 is 0 Å². The second-order valence-electron chi connectivity index (χ2n) is 5.86. The Bertz CT molecular complexity index is 1030. The molecule has 2 heterocycles. The zero-order chi connectivity index (χ0) is 21.2. The largest absolute Gasteiger partial charge is 0.459 e. The number of hydrogen-bond donors (Lipinski definition) is 2. The molecule has 150 valence electrons. The van der Waals surface area contributed by atoms with E-state index in [1.54, 1.807) is 24.4 Å². The summed E-state index contributed by atoms with van der Waals surface area (Å²) in [6.45, 7) is 9.79. The fourth-order valence-corrected chi connectivity index (χ4v) is 2.61. The number of nitrogens with one attached hydrogen (secondary N) is 1. The maximum Gasteiger partial charge on any atom is 0.244 e. The van der Waals surface area contributed by atoms with Gasteiger partial charge in [-0.15, -0.1) is 0 Å². The molecule has 0 unspecified atom stereocenters. The predicted octanol–water partition coefficient (Wildman–Crippen LogP) is 4.83. The van der Waals surface area contributed by atoms with Gasteiger partial charge in [0.1, 0.15) is 17.2 Å². The van der Waals surface area contributed by atoms with Crippen molar-refractivity contribution >= 4 is 41.2 Å². The van der Waals surface area contributed by atoms with E-state index >= 15 is 0 Å². The number of carbonyl (C=O) groups excluding carboxylic acids is 1. The van der Waals surface area contributed by atoms with E-state index in [0.29, 0.717) is 18.1 Å². The van der Waals surface area contributed by atoms with Gasteiger partial charge in [0.25, 0.3) is 0 Å². The summed E-state index contributed by atoms with van der Waals surface area (Å²) in [5, 5.41) is 3.74. The topological polar surface area (TPSA) is 93.5 Å². The minimum Gasteiger partial charge on any atom is -0.459 e. The van der Waals surface area contributed by atoms with Gasteiger partial charge in [-0.1, -0.05) is 19.9 Å². The molecule has 0 fully saturated rings. The summed E-state index contributed by atoms with van der Waals surface area (Å²) < 4.78 is 5.77. The maximum atomic E-state index is 12.0. The zero-order valence-corrected chi connectivity index (χ0v) is 17.0. The number of aromatic nitrogens is 1. The highest BCUT2D eigenvalue weighted by Gasteiger charge is 2.07. The molecule has 0 bridgehead atoms. The second-order valence-corrected chi connectivity index (χ2v) is 5.86. The number of amides is 1. The highest BCUT2D eigenvalue weighted by Crippen LogP contribution is 2.24. The van der Waals surface area contributed by atoms with Crippen LogP contribution >= 0.6 is 0 Å². The number of anilines is 1. The Kier molecular flexibility index (Phi) is 7.91. The first kappa shape index (κ1) is 21.6. The van der Waals surface area contributed by atoms with E-state index in [1.165, 1.54) is 6.08 Å². The Hall–Kier alpha value is -3.67. The number of carbonyl (C=O) groups is 1. The minimum atomic E-state index is -0.222. The molecule has 6 heteroatoms. The van der Waals surface area contributed by atoms with Crippen molar-refractivity contribution in [1.29, 1.82) is 0 Å². The van der Waals surface area contributed by atoms with Crippen LogP contribution in [0.5, 0.6) is 0 Å². The van der Waals surface area contributed by atoms with Crippen LogP contribution in [-0.2, 0) is 11.3 Å². The molecular weight excluding hydrogens is 364 g/mol. The quantitative estimate of drug-likeness (QED) is 0.466. The molecule has 6 nitrogen and oxygen atoms in total. The monoisotopic (exact) mass is 390 g/mol. The van der Waals surface area contributed by atoms with Crippen LogP contribution in [0.3, 0.4) is 0 Å². The third-order valence-electron chi connectivity index (χ3n) is 3.98. The molecule has 0 radical (unpaired) electrons. The number of nitrogens with zero attached hydrogens (tertiary/aromatic N) is 2. The molecule has 29 heavy (non-hydrogen) atoms. The molecule has 3 aromatic rings. The summed E-state index contributed by atoms with van der Waals surface area (Å²) in [5.74, 6) is 0.890.